The highest BCUT2D eigenvalue weighted by atomic mass is 35.5. The highest BCUT2D eigenvalue weighted by Crippen LogP contribution is 2.28. The van der Waals surface area contributed by atoms with Gasteiger partial charge < -0.3 is 9.84 Å². The van der Waals surface area contributed by atoms with Gasteiger partial charge in [-0.15, -0.1) is 0 Å². The van der Waals surface area contributed by atoms with Crippen molar-refractivity contribution >= 4 is 11.6 Å². The number of ether oxygens (including phenoxy) is 1. The minimum atomic E-state index is -0.701. The molecule has 1 rings (SSSR count). The van der Waals surface area contributed by atoms with Crippen molar-refractivity contribution in [1.29, 1.82) is 0 Å². The zero-order valence-corrected chi connectivity index (χ0v) is 12.3. The fourth-order valence-electron chi connectivity index (χ4n) is 2.14. The van der Waals surface area contributed by atoms with Crippen LogP contribution in [0.3, 0.4) is 0 Å². The summed E-state index contributed by atoms with van der Waals surface area (Å²) < 4.78 is 5.30. The summed E-state index contributed by atoms with van der Waals surface area (Å²) in [5.74, 6) is 0.787. The molecule has 18 heavy (non-hydrogen) atoms. The van der Waals surface area contributed by atoms with Gasteiger partial charge in [0.25, 0.3) is 0 Å². The van der Waals surface area contributed by atoms with Gasteiger partial charge in [0.05, 0.1) is 12.7 Å². The molecule has 0 heterocycles. The molecule has 3 heteroatoms. The zero-order valence-electron chi connectivity index (χ0n) is 11.5. The molecule has 0 aliphatic carbocycles. The largest absolute Gasteiger partial charge is 0.496 e. The Morgan fingerprint density at radius 2 is 2.06 bits per heavy atom. The summed E-state index contributed by atoms with van der Waals surface area (Å²) in [6.07, 6.45) is 4.74. The third kappa shape index (κ3) is 4.87. The van der Waals surface area contributed by atoms with E-state index in [-0.39, 0.29) is 0 Å². The van der Waals surface area contributed by atoms with Gasteiger partial charge in [-0.05, 0) is 37.1 Å². The SMILES string of the molecule is CCCCCC(C)(O)Cc1cc(Cl)ccc1OC. The second-order valence-electron chi connectivity index (χ2n) is 5.09. The third-order valence-corrected chi connectivity index (χ3v) is 3.37. The number of unbranched alkanes of at least 4 members (excludes halogenated alkanes) is 2. The van der Waals surface area contributed by atoms with E-state index in [1.54, 1.807) is 13.2 Å². The molecule has 0 aliphatic rings. The molecule has 1 unspecified atom stereocenters. The van der Waals surface area contributed by atoms with E-state index >= 15 is 0 Å². The van der Waals surface area contributed by atoms with E-state index in [0.717, 1.165) is 37.0 Å². The quantitative estimate of drug-likeness (QED) is 0.752. The Hall–Kier alpha value is -0.730. The Kier molecular flexibility index (Phi) is 5.97. The minimum absolute atomic E-state index is 0.570. The molecule has 0 spiro atoms. The molecule has 1 atom stereocenters. The summed E-state index contributed by atoms with van der Waals surface area (Å²) in [6.45, 7) is 4.04. The van der Waals surface area contributed by atoms with Crippen LogP contribution in [-0.2, 0) is 6.42 Å². The average molecular weight is 271 g/mol. The maximum Gasteiger partial charge on any atom is 0.122 e. The van der Waals surface area contributed by atoms with E-state index in [1.165, 1.54) is 0 Å². The van der Waals surface area contributed by atoms with Crippen LogP contribution >= 0.6 is 11.6 Å². The predicted octanol–water partition coefficient (Wildman–Crippen LogP) is 4.22. The highest BCUT2D eigenvalue weighted by Gasteiger charge is 2.22. The second-order valence-corrected chi connectivity index (χ2v) is 5.52. The highest BCUT2D eigenvalue weighted by molar-refractivity contribution is 6.30. The summed E-state index contributed by atoms with van der Waals surface area (Å²) in [5.41, 5.74) is 0.263. The van der Waals surface area contributed by atoms with Crippen LogP contribution in [-0.4, -0.2) is 17.8 Å². The lowest BCUT2D eigenvalue weighted by atomic mass is 9.90. The minimum Gasteiger partial charge on any atom is -0.496 e. The van der Waals surface area contributed by atoms with Gasteiger partial charge in [0, 0.05) is 11.4 Å². The molecule has 0 fully saturated rings. The Labute approximate surface area is 115 Å². The molecule has 1 aromatic carbocycles. The molecule has 0 bridgehead atoms. The van der Waals surface area contributed by atoms with Crippen LogP contribution in [0.2, 0.25) is 5.02 Å². The summed E-state index contributed by atoms with van der Waals surface area (Å²) in [7, 11) is 1.64. The van der Waals surface area contributed by atoms with Gasteiger partial charge in [0.15, 0.2) is 0 Å². The van der Waals surface area contributed by atoms with E-state index in [0.29, 0.717) is 11.4 Å². The summed E-state index contributed by atoms with van der Waals surface area (Å²) in [5, 5.41) is 11.1. The summed E-state index contributed by atoms with van der Waals surface area (Å²) >= 11 is 5.99. The molecule has 1 aromatic rings. The van der Waals surface area contributed by atoms with Crippen LogP contribution in [0, 0.1) is 0 Å². The van der Waals surface area contributed by atoms with E-state index in [4.69, 9.17) is 16.3 Å². The predicted molar refractivity (Wildman–Crippen MR) is 76.5 cm³/mol. The van der Waals surface area contributed by atoms with Crippen LogP contribution in [0.15, 0.2) is 18.2 Å². The van der Waals surface area contributed by atoms with Crippen molar-refractivity contribution in [2.24, 2.45) is 0 Å². The van der Waals surface area contributed by atoms with Crippen LogP contribution < -0.4 is 4.74 Å². The zero-order chi connectivity index (χ0) is 13.6. The fourth-order valence-corrected chi connectivity index (χ4v) is 2.33. The summed E-state index contributed by atoms with van der Waals surface area (Å²) in [4.78, 5) is 0. The van der Waals surface area contributed by atoms with Crippen LogP contribution in [0.25, 0.3) is 0 Å². The molecule has 1 N–H and O–H groups in total. The normalized spacial score (nSPS) is 14.3. The lowest BCUT2D eigenvalue weighted by Crippen LogP contribution is -2.27. The maximum absolute atomic E-state index is 10.4. The first-order valence-electron chi connectivity index (χ1n) is 6.53. The molecule has 0 saturated heterocycles. The third-order valence-electron chi connectivity index (χ3n) is 3.13. The van der Waals surface area contributed by atoms with Gasteiger partial charge in [-0.1, -0.05) is 37.8 Å². The first kappa shape index (κ1) is 15.3. The van der Waals surface area contributed by atoms with Crippen molar-refractivity contribution in [1.82, 2.24) is 0 Å². The van der Waals surface area contributed by atoms with Crippen LogP contribution in [0.5, 0.6) is 5.75 Å². The number of methoxy groups -OCH3 is 1. The van der Waals surface area contributed by atoms with Gasteiger partial charge in [0.1, 0.15) is 5.75 Å². The number of hydrogen-bond donors (Lipinski definition) is 1. The van der Waals surface area contributed by atoms with Gasteiger partial charge >= 0.3 is 0 Å². The molecule has 0 saturated carbocycles. The molecular formula is C15H23ClO2. The van der Waals surface area contributed by atoms with E-state index in [9.17, 15) is 5.11 Å². The fraction of sp³-hybridized carbons (Fsp3) is 0.600. The summed E-state index contributed by atoms with van der Waals surface area (Å²) in [6, 6.07) is 5.52. The lowest BCUT2D eigenvalue weighted by molar-refractivity contribution is 0.0480. The molecule has 0 radical (unpaired) electrons. The first-order valence-corrected chi connectivity index (χ1v) is 6.91. The number of halogens is 1. The Morgan fingerprint density at radius 1 is 1.33 bits per heavy atom. The van der Waals surface area contributed by atoms with Crippen molar-refractivity contribution < 1.29 is 9.84 Å². The topological polar surface area (TPSA) is 29.5 Å². The molecule has 102 valence electrons. The Morgan fingerprint density at radius 3 is 2.67 bits per heavy atom. The van der Waals surface area contributed by atoms with Crippen molar-refractivity contribution in [3.05, 3.63) is 28.8 Å². The van der Waals surface area contributed by atoms with Crippen LogP contribution in [0.1, 0.15) is 45.1 Å². The van der Waals surface area contributed by atoms with E-state index in [1.807, 2.05) is 19.1 Å². The molecule has 0 aromatic heterocycles. The lowest BCUT2D eigenvalue weighted by Gasteiger charge is -2.24. The first-order chi connectivity index (χ1) is 8.48. The standard InChI is InChI=1S/C15H23ClO2/c1-4-5-6-9-15(2,17)11-12-10-13(16)7-8-14(12)18-3/h7-8,10,17H,4-6,9,11H2,1-3H3. The average Bonchev–Trinajstić information content (AvgIpc) is 2.29. The number of hydrogen-bond acceptors (Lipinski definition) is 2. The smallest absolute Gasteiger partial charge is 0.122 e. The number of rotatable bonds is 7. The number of benzene rings is 1. The van der Waals surface area contributed by atoms with E-state index in [2.05, 4.69) is 6.92 Å². The molecular weight excluding hydrogens is 248 g/mol. The molecule has 2 nitrogen and oxygen atoms in total. The Balaban J connectivity index is 2.72. The molecule has 0 amide bonds. The van der Waals surface area contributed by atoms with Crippen molar-refractivity contribution in [3.8, 4) is 5.75 Å². The van der Waals surface area contributed by atoms with Gasteiger partial charge in [-0.3, -0.25) is 0 Å². The van der Waals surface area contributed by atoms with Crippen molar-refractivity contribution in [2.75, 3.05) is 7.11 Å². The van der Waals surface area contributed by atoms with Crippen molar-refractivity contribution in [3.63, 3.8) is 0 Å². The van der Waals surface area contributed by atoms with Crippen molar-refractivity contribution in [2.45, 2.75) is 51.6 Å². The van der Waals surface area contributed by atoms with Gasteiger partial charge in [-0.2, -0.15) is 0 Å². The molecule has 0 aliphatic heterocycles. The van der Waals surface area contributed by atoms with E-state index < -0.39 is 5.60 Å². The van der Waals surface area contributed by atoms with Crippen LogP contribution in [0.4, 0.5) is 0 Å². The van der Waals surface area contributed by atoms with Gasteiger partial charge in [0.2, 0.25) is 0 Å². The monoisotopic (exact) mass is 270 g/mol. The Bertz CT molecular complexity index is 375. The maximum atomic E-state index is 10.4. The number of aliphatic hydroxyl groups is 1. The van der Waals surface area contributed by atoms with Gasteiger partial charge in [-0.25, -0.2) is 0 Å². The second kappa shape index (κ2) is 7.01.